The lowest BCUT2D eigenvalue weighted by molar-refractivity contribution is 0.256. The monoisotopic (exact) mass is 551 g/mol. The number of methoxy groups -OCH3 is 2. The molecule has 10 heteroatoms. The molecule has 32 heavy (non-hydrogen) atoms. The smallest absolute Gasteiger partial charge is 0.191 e. The van der Waals surface area contributed by atoms with Crippen LogP contribution in [0.3, 0.4) is 0 Å². The maximum Gasteiger partial charge on any atom is 0.191 e. The summed E-state index contributed by atoms with van der Waals surface area (Å²) in [4.78, 5) is 6.75. The number of aromatic nitrogens is 3. The van der Waals surface area contributed by atoms with Crippen LogP contribution >= 0.6 is 24.0 Å². The Morgan fingerprint density at radius 3 is 2.62 bits per heavy atom. The van der Waals surface area contributed by atoms with Gasteiger partial charge in [0.2, 0.25) is 0 Å². The Morgan fingerprint density at radius 2 is 1.88 bits per heavy atom. The van der Waals surface area contributed by atoms with Crippen molar-refractivity contribution in [2.45, 2.75) is 19.5 Å². The summed E-state index contributed by atoms with van der Waals surface area (Å²) in [6.45, 7) is 4.17. The van der Waals surface area contributed by atoms with E-state index in [1.807, 2.05) is 28.8 Å². The van der Waals surface area contributed by atoms with Crippen LogP contribution in [0.2, 0.25) is 0 Å². The number of hydrogen-bond donors (Lipinski definition) is 2. The van der Waals surface area contributed by atoms with Crippen molar-refractivity contribution in [3.63, 3.8) is 0 Å². The van der Waals surface area contributed by atoms with Gasteiger partial charge in [0.1, 0.15) is 0 Å². The van der Waals surface area contributed by atoms with Crippen LogP contribution in [-0.2, 0) is 19.5 Å². The van der Waals surface area contributed by atoms with Crippen molar-refractivity contribution in [3.05, 3.63) is 53.5 Å². The minimum Gasteiger partial charge on any atom is -0.493 e. The summed E-state index contributed by atoms with van der Waals surface area (Å²) in [5.41, 5.74) is 3.46. The molecule has 0 saturated carbocycles. The molecular weight excluding hydrogens is 521 g/mol. The van der Waals surface area contributed by atoms with Gasteiger partial charge in [-0.15, -0.1) is 34.2 Å². The highest BCUT2D eigenvalue weighted by Crippen LogP contribution is 2.33. The van der Waals surface area contributed by atoms with Crippen molar-refractivity contribution in [2.75, 3.05) is 40.9 Å². The Bertz CT molecular complexity index is 1070. The van der Waals surface area contributed by atoms with Crippen molar-refractivity contribution < 1.29 is 9.47 Å². The first-order valence-electron chi connectivity index (χ1n) is 10.4. The number of ether oxygens (including phenoxy) is 2. The minimum absolute atomic E-state index is 0. The molecule has 9 nitrogen and oxygen atoms in total. The van der Waals surface area contributed by atoms with Crippen LogP contribution in [0.1, 0.15) is 17.0 Å². The summed E-state index contributed by atoms with van der Waals surface area (Å²) >= 11 is 0. The Hall–Kier alpha value is -2.60. The summed E-state index contributed by atoms with van der Waals surface area (Å²) in [5, 5.41) is 15.1. The standard InChI is InChI=1S/C22H29N7O2.HI/c1-23-22(25-14-21-27-26-20-6-4-5-9-29(20)21)24-8-11-28-10-7-16-12-18(30-2)19(31-3)13-17(16)15-28;/h4-6,9,12-13H,7-8,10-11,14-15H2,1-3H3,(H2,23,24,25);1H. The highest BCUT2D eigenvalue weighted by molar-refractivity contribution is 14.0. The number of rotatable bonds is 7. The van der Waals surface area contributed by atoms with E-state index in [-0.39, 0.29) is 24.0 Å². The maximum absolute atomic E-state index is 5.46. The van der Waals surface area contributed by atoms with Crippen LogP contribution in [0.4, 0.5) is 0 Å². The number of nitrogens with one attached hydrogen (secondary N) is 2. The molecule has 1 aliphatic rings. The van der Waals surface area contributed by atoms with Crippen LogP contribution in [0.5, 0.6) is 11.5 Å². The van der Waals surface area contributed by atoms with Gasteiger partial charge in [-0.3, -0.25) is 14.3 Å². The van der Waals surface area contributed by atoms with E-state index in [4.69, 9.17) is 9.47 Å². The van der Waals surface area contributed by atoms with E-state index in [1.54, 1.807) is 21.3 Å². The molecule has 3 heterocycles. The molecule has 0 bridgehead atoms. The average Bonchev–Trinajstić information content (AvgIpc) is 3.23. The number of nitrogens with zero attached hydrogens (tertiary/aromatic N) is 5. The fourth-order valence-corrected chi connectivity index (χ4v) is 3.86. The molecular formula is C22H30IN7O2. The Balaban J connectivity index is 0.00000289. The zero-order valence-corrected chi connectivity index (χ0v) is 21.0. The highest BCUT2D eigenvalue weighted by atomic mass is 127. The zero-order valence-electron chi connectivity index (χ0n) is 18.7. The third-order valence-corrected chi connectivity index (χ3v) is 5.54. The molecule has 4 rings (SSSR count). The molecule has 0 atom stereocenters. The predicted octanol–water partition coefficient (Wildman–Crippen LogP) is 2.09. The van der Waals surface area contributed by atoms with Crippen LogP contribution in [0.25, 0.3) is 5.65 Å². The van der Waals surface area contributed by atoms with Crippen molar-refractivity contribution >= 4 is 35.6 Å². The number of fused-ring (bicyclic) bond motifs is 2. The van der Waals surface area contributed by atoms with E-state index in [9.17, 15) is 0 Å². The van der Waals surface area contributed by atoms with Gasteiger partial charge < -0.3 is 20.1 Å². The van der Waals surface area contributed by atoms with Crippen LogP contribution in [0, 0.1) is 0 Å². The lowest BCUT2D eigenvalue weighted by Crippen LogP contribution is -2.42. The Labute approximate surface area is 205 Å². The fraction of sp³-hybridized carbons (Fsp3) is 0.409. The number of halogens is 1. The van der Waals surface area contributed by atoms with Crippen molar-refractivity contribution in [1.82, 2.24) is 30.1 Å². The number of benzene rings is 1. The summed E-state index contributed by atoms with van der Waals surface area (Å²) in [6.07, 6.45) is 2.96. The lowest BCUT2D eigenvalue weighted by atomic mass is 9.99. The van der Waals surface area contributed by atoms with Gasteiger partial charge in [0.05, 0.1) is 20.8 Å². The van der Waals surface area contributed by atoms with Gasteiger partial charge in [0.15, 0.2) is 28.9 Å². The van der Waals surface area contributed by atoms with E-state index >= 15 is 0 Å². The summed E-state index contributed by atoms with van der Waals surface area (Å²) in [5.74, 6) is 3.17. The number of guanidine groups is 1. The number of hydrogen-bond acceptors (Lipinski definition) is 6. The first kappa shape index (κ1) is 24.1. The molecule has 0 unspecified atom stereocenters. The van der Waals surface area contributed by atoms with E-state index in [0.717, 1.165) is 61.5 Å². The lowest BCUT2D eigenvalue weighted by Gasteiger charge is -2.29. The summed E-state index contributed by atoms with van der Waals surface area (Å²) < 4.78 is 12.9. The second-order valence-electron chi connectivity index (χ2n) is 7.40. The van der Waals surface area contributed by atoms with Crippen molar-refractivity contribution in [2.24, 2.45) is 4.99 Å². The molecule has 1 aromatic carbocycles. The molecule has 0 saturated heterocycles. The number of pyridine rings is 1. The number of aliphatic imine (C=N–C) groups is 1. The van der Waals surface area contributed by atoms with Crippen LogP contribution in [0.15, 0.2) is 41.5 Å². The molecule has 0 spiro atoms. The normalized spacial score (nSPS) is 13.9. The van der Waals surface area contributed by atoms with E-state index in [2.05, 4.69) is 42.9 Å². The molecule has 1 aliphatic heterocycles. The molecule has 0 amide bonds. The Kier molecular flexibility index (Phi) is 8.51. The van der Waals surface area contributed by atoms with Gasteiger partial charge >= 0.3 is 0 Å². The van der Waals surface area contributed by atoms with Gasteiger partial charge in [-0.1, -0.05) is 6.07 Å². The highest BCUT2D eigenvalue weighted by Gasteiger charge is 2.19. The topological polar surface area (TPSA) is 88.3 Å². The first-order valence-corrected chi connectivity index (χ1v) is 10.4. The van der Waals surface area contributed by atoms with Crippen LogP contribution < -0.4 is 20.1 Å². The van der Waals surface area contributed by atoms with Gasteiger partial charge in [-0.2, -0.15) is 0 Å². The quantitative estimate of drug-likeness (QED) is 0.264. The Morgan fingerprint density at radius 1 is 1.09 bits per heavy atom. The largest absolute Gasteiger partial charge is 0.493 e. The molecule has 0 fully saturated rings. The van der Waals surface area contributed by atoms with E-state index in [0.29, 0.717) is 6.54 Å². The molecule has 0 aliphatic carbocycles. The van der Waals surface area contributed by atoms with Crippen molar-refractivity contribution in [3.8, 4) is 11.5 Å². The zero-order chi connectivity index (χ0) is 21.6. The fourth-order valence-electron chi connectivity index (χ4n) is 3.86. The van der Waals surface area contributed by atoms with E-state index in [1.165, 1.54) is 11.1 Å². The molecule has 172 valence electrons. The second kappa shape index (κ2) is 11.3. The van der Waals surface area contributed by atoms with Gasteiger partial charge in [0, 0.05) is 39.4 Å². The average molecular weight is 551 g/mol. The SMILES string of the molecule is CN=C(NCCN1CCc2cc(OC)c(OC)cc2C1)NCc1nnc2ccccn12.I. The second-order valence-corrected chi connectivity index (χ2v) is 7.40. The van der Waals surface area contributed by atoms with Gasteiger partial charge in [-0.25, -0.2) is 0 Å². The maximum atomic E-state index is 5.46. The van der Waals surface area contributed by atoms with Crippen molar-refractivity contribution in [1.29, 1.82) is 0 Å². The molecule has 2 N–H and O–H groups in total. The van der Waals surface area contributed by atoms with Crippen LogP contribution in [-0.4, -0.2) is 66.4 Å². The van der Waals surface area contributed by atoms with Gasteiger partial charge in [0.25, 0.3) is 0 Å². The first-order chi connectivity index (χ1) is 15.2. The summed E-state index contributed by atoms with van der Waals surface area (Å²) in [7, 11) is 5.13. The third kappa shape index (κ3) is 5.41. The molecule has 2 aromatic heterocycles. The predicted molar refractivity (Wildman–Crippen MR) is 135 cm³/mol. The molecule has 0 radical (unpaired) electrons. The van der Waals surface area contributed by atoms with E-state index < -0.39 is 0 Å². The molecule has 3 aromatic rings. The third-order valence-electron chi connectivity index (χ3n) is 5.54. The summed E-state index contributed by atoms with van der Waals surface area (Å²) in [6, 6.07) is 10.1. The minimum atomic E-state index is 0. The van der Waals surface area contributed by atoms with Gasteiger partial charge in [-0.05, 0) is 41.8 Å².